The molecule has 1 N–H and O–H groups in total. The van der Waals surface area contributed by atoms with Crippen molar-refractivity contribution in [3.05, 3.63) is 24.3 Å². The van der Waals surface area contributed by atoms with Crippen LogP contribution in [0.5, 0.6) is 0 Å². The lowest BCUT2D eigenvalue weighted by Crippen LogP contribution is -2.21. The highest BCUT2D eigenvalue weighted by atomic mass is 79.9. The first-order chi connectivity index (χ1) is 8.69. The number of ether oxygens (including phenoxy) is 1. The van der Waals surface area contributed by atoms with Crippen LogP contribution in [-0.2, 0) is 4.74 Å². The first kappa shape index (κ1) is 15.5. The summed E-state index contributed by atoms with van der Waals surface area (Å²) in [5.74, 6) is 2.44. The van der Waals surface area contributed by atoms with E-state index < -0.39 is 6.10 Å². The van der Waals surface area contributed by atoms with Gasteiger partial charge in [0, 0.05) is 11.2 Å². The lowest BCUT2D eigenvalue weighted by atomic mass is 10.1. The highest BCUT2D eigenvalue weighted by Crippen LogP contribution is 2.29. The summed E-state index contributed by atoms with van der Waals surface area (Å²) in [6.45, 7) is 2.11. The van der Waals surface area contributed by atoms with Crippen LogP contribution >= 0.6 is 15.9 Å². The van der Waals surface area contributed by atoms with Crippen molar-refractivity contribution < 1.29 is 9.84 Å². The van der Waals surface area contributed by atoms with Crippen molar-refractivity contribution in [3.63, 3.8) is 0 Å². The first-order valence-electron chi connectivity index (χ1n) is 6.42. The fourth-order valence-corrected chi connectivity index (χ4v) is 2.58. The third-order valence-corrected chi connectivity index (χ3v) is 3.97. The van der Waals surface area contributed by atoms with E-state index in [0.29, 0.717) is 12.8 Å². The summed E-state index contributed by atoms with van der Waals surface area (Å²) in [7, 11) is 0. The van der Waals surface area contributed by atoms with Gasteiger partial charge < -0.3 is 9.84 Å². The molecule has 0 amide bonds. The Morgan fingerprint density at radius 3 is 2.94 bits per heavy atom. The van der Waals surface area contributed by atoms with Gasteiger partial charge in [0.25, 0.3) is 0 Å². The number of aliphatic hydroxyl groups is 1. The van der Waals surface area contributed by atoms with Crippen molar-refractivity contribution in [1.29, 1.82) is 0 Å². The zero-order chi connectivity index (χ0) is 13.4. The monoisotopic (exact) mass is 312 g/mol. The number of terminal acetylenes is 1. The zero-order valence-corrected chi connectivity index (χ0v) is 12.3. The van der Waals surface area contributed by atoms with Crippen molar-refractivity contribution in [1.82, 2.24) is 0 Å². The topological polar surface area (TPSA) is 29.5 Å². The lowest BCUT2D eigenvalue weighted by Gasteiger charge is -2.16. The number of rotatable bonds is 6. The minimum Gasteiger partial charge on any atom is -0.390 e. The molecule has 0 aliphatic carbocycles. The first-order valence-corrected chi connectivity index (χ1v) is 7.34. The molecule has 100 valence electrons. The molecule has 4 atom stereocenters. The van der Waals surface area contributed by atoms with Crippen LogP contribution in [0, 0.1) is 12.3 Å². The molecule has 1 saturated heterocycles. The second-order valence-electron chi connectivity index (χ2n) is 4.45. The third-order valence-electron chi connectivity index (χ3n) is 3.00. The molecule has 1 aliphatic heterocycles. The average Bonchev–Trinajstić information content (AvgIpc) is 2.72. The van der Waals surface area contributed by atoms with Crippen LogP contribution in [0.3, 0.4) is 0 Å². The summed E-state index contributed by atoms with van der Waals surface area (Å²) in [4.78, 5) is 0.261. The molecule has 1 aliphatic rings. The van der Waals surface area contributed by atoms with Gasteiger partial charge in [0.15, 0.2) is 0 Å². The third kappa shape index (κ3) is 4.97. The van der Waals surface area contributed by atoms with E-state index >= 15 is 0 Å². The summed E-state index contributed by atoms with van der Waals surface area (Å²) in [5.41, 5.74) is 0. The van der Waals surface area contributed by atoms with Crippen LogP contribution in [0.4, 0.5) is 0 Å². The minimum atomic E-state index is -0.396. The fourth-order valence-electron chi connectivity index (χ4n) is 2.02. The van der Waals surface area contributed by atoms with Gasteiger partial charge in [-0.2, -0.15) is 0 Å². The molecule has 1 heterocycles. The molecule has 0 unspecified atom stereocenters. The second-order valence-corrected chi connectivity index (χ2v) is 5.63. The van der Waals surface area contributed by atoms with E-state index in [1.165, 1.54) is 0 Å². The lowest BCUT2D eigenvalue weighted by molar-refractivity contribution is 0.0128. The largest absolute Gasteiger partial charge is 0.390 e. The predicted molar refractivity (Wildman–Crippen MR) is 78.6 cm³/mol. The van der Waals surface area contributed by atoms with Gasteiger partial charge in [0.1, 0.15) is 0 Å². The van der Waals surface area contributed by atoms with Crippen LogP contribution in [0.15, 0.2) is 24.3 Å². The van der Waals surface area contributed by atoms with Crippen molar-refractivity contribution in [2.45, 2.75) is 55.7 Å². The highest BCUT2D eigenvalue weighted by molar-refractivity contribution is 9.09. The summed E-state index contributed by atoms with van der Waals surface area (Å²) in [5, 5.41) is 9.93. The number of alkyl halides is 1. The molecular weight excluding hydrogens is 292 g/mol. The highest BCUT2D eigenvalue weighted by Gasteiger charge is 2.36. The van der Waals surface area contributed by atoms with E-state index in [2.05, 4.69) is 40.9 Å². The predicted octanol–water partition coefficient (Wildman–Crippen LogP) is 3.20. The van der Waals surface area contributed by atoms with Crippen LogP contribution in [-0.4, -0.2) is 28.2 Å². The van der Waals surface area contributed by atoms with Gasteiger partial charge in [-0.25, -0.2) is 0 Å². The number of halogens is 1. The molecule has 18 heavy (non-hydrogen) atoms. The summed E-state index contributed by atoms with van der Waals surface area (Å²) < 4.78 is 5.86. The maximum Gasteiger partial charge on any atom is 0.0873 e. The molecular formula is C15H21BrO2. The smallest absolute Gasteiger partial charge is 0.0873 e. The van der Waals surface area contributed by atoms with Gasteiger partial charge in [-0.1, -0.05) is 47.0 Å². The Hall–Kier alpha value is -0.560. The van der Waals surface area contributed by atoms with Crippen LogP contribution in [0.2, 0.25) is 0 Å². The van der Waals surface area contributed by atoms with E-state index in [0.717, 1.165) is 12.8 Å². The van der Waals surface area contributed by atoms with Crippen molar-refractivity contribution in [3.8, 4) is 12.3 Å². The van der Waals surface area contributed by atoms with E-state index in [1.807, 2.05) is 6.08 Å². The maximum atomic E-state index is 9.93. The molecule has 3 heteroatoms. The van der Waals surface area contributed by atoms with Gasteiger partial charge in [0.05, 0.1) is 18.3 Å². The van der Waals surface area contributed by atoms with E-state index in [1.54, 1.807) is 6.08 Å². The molecule has 2 nitrogen and oxygen atoms in total. The number of hydrogen-bond donors (Lipinski definition) is 1. The van der Waals surface area contributed by atoms with Gasteiger partial charge >= 0.3 is 0 Å². The number of aliphatic hydroxyl groups excluding tert-OH is 1. The second kappa shape index (κ2) is 8.53. The van der Waals surface area contributed by atoms with Gasteiger partial charge in [-0.05, 0) is 25.3 Å². The Morgan fingerprint density at radius 2 is 2.28 bits per heavy atom. The van der Waals surface area contributed by atoms with E-state index in [9.17, 15) is 5.11 Å². The zero-order valence-electron chi connectivity index (χ0n) is 10.8. The number of allylic oxidation sites excluding steroid dienone is 3. The fraction of sp³-hybridized carbons (Fsp3) is 0.600. The van der Waals surface area contributed by atoms with Gasteiger partial charge in [-0.3, -0.25) is 0 Å². The molecule has 0 spiro atoms. The molecule has 1 rings (SSSR count). The molecule has 0 aromatic rings. The van der Waals surface area contributed by atoms with Gasteiger partial charge in [-0.15, -0.1) is 6.42 Å². The Balaban J connectivity index is 2.40. The Kier molecular flexibility index (Phi) is 7.34. The molecule has 0 aromatic heterocycles. The van der Waals surface area contributed by atoms with Crippen molar-refractivity contribution in [2.75, 3.05) is 0 Å². The minimum absolute atomic E-state index is 0.0748. The van der Waals surface area contributed by atoms with Crippen molar-refractivity contribution in [2.24, 2.45) is 0 Å². The Morgan fingerprint density at radius 1 is 1.50 bits per heavy atom. The van der Waals surface area contributed by atoms with Crippen LogP contribution in [0.1, 0.15) is 32.6 Å². The molecule has 0 aromatic carbocycles. The molecule has 1 fully saturated rings. The SMILES string of the molecule is C#C/C=C/C[C@H]1O[C@@H]([C@H](Br)C/C=C/CC)C[C@H]1O. The summed E-state index contributed by atoms with van der Waals surface area (Å²) in [6.07, 6.45) is 15.8. The summed E-state index contributed by atoms with van der Waals surface area (Å²) >= 11 is 3.63. The molecule has 0 radical (unpaired) electrons. The average molecular weight is 313 g/mol. The Labute approximate surface area is 118 Å². The standard InChI is InChI=1S/C15H21BrO2/c1-3-5-7-9-12(16)15-11-13(17)14(18-15)10-8-6-4-2/h2,5-8,12-15,17H,3,9-11H2,1H3/b7-5+,8-6+/t12-,13-,14-,15-/m1/s1. The molecule has 0 bridgehead atoms. The quantitative estimate of drug-likeness (QED) is 0.463. The van der Waals surface area contributed by atoms with E-state index in [4.69, 9.17) is 11.2 Å². The van der Waals surface area contributed by atoms with Crippen LogP contribution in [0.25, 0.3) is 0 Å². The Bertz CT molecular complexity index is 330. The normalized spacial score (nSPS) is 30.0. The summed E-state index contributed by atoms with van der Waals surface area (Å²) in [6, 6.07) is 0. The van der Waals surface area contributed by atoms with E-state index in [-0.39, 0.29) is 17.0 Å². The molecule has 0 saturated carbocycles. The number of hydrogen-bond acceptors (Lipinski definition) is 2. The van der Waals surface area contributed by atoms with Crippen LogP contribution < -0.4 is 0 Å². The van der Waals surface area contributed by atoms with Gasteiger partial charge in [0.2, 0.25) is 0 Å². The maximum absolute atomic E-state index is 9.93. The van der Waals surface area contributed by atoms with Crippen molar-refractivity contribution >= 4 is 15.9 Å².